The Kier molecular flexibility index (Phi) is 3.30. The van der Waals surface area contributed by atoms with Crippen molar-refractivity contribution < 1.29 is 4.79 Å². The Balaban J connectivity index is 2.13. The highest BCUT2D eigenvalue weighted by Crippen LogP contribution is 2.22. The lowest BCUT2D eigenvalue weighted by molar-refractivity contribution is 0.112. The minimum Gasteiger partial charge on any atom is -0.298 e. The van der Waals surface area contributed by atoms with Gasteiger partial charge in [0.2, 0.25) is 0 Å². The largest absolute Gasteiger partial charge is 0.298 e. The molecule has 0 saturated heterocycles. The molecule has 2 aromatic carbocycles. The van der Waals surface area contributed by atoms with Crippen molar-refractivity contribution in [3.05, 3.63) is 77.0 Å². The van der Waals surface area contributed by atoms with Gasteiger partial charge < -0.3 is 0 Å². The summed E-state index contributed by atoms with van der Waals surface area (Å²) >= 11 is 0. The van der Waals surface area contributed by atoms with E-state index in [9.17, 15) is 4.79 Å². The van der Waals surface area contributed by atoms with E-state index < -0.39 is 0 Å². The second-order valence-electron chi connectivity index (χ2n) is 4.93. The average molecular weight is 261 g/mol. The molecule has 1 heterocycles. The van der Waals surface area contributed by atoms with E-state index in [1.54, 1.807) is 0 Å². The van der Waals surface area contributed by atoms with Crippen LogP contribution in [0.5, 0.6) is 0 Å². The maximum absolute atomic E-state index is 11.1. The number of aldehydes is 1. The first-order chi connectivity index (χ1) is 9.78. The van der Waals surface area contributed by atoms with Gasteiger partial charge in [0.25, 0.3) is 0 Å². The fourth-order valence-electron chi connectivity index (χ4n) is 2.56. The van der Waals surface area contributed by atoms with Gasteiger partial charge in [0.1, 0.15) is 6.29 Å². The minimum absolute atomic E-state index is 0.749. The quantitative estimate of drug-likeness (QED) is 0.668. The number of nitrogens with zero attached hydrogens (tertiary/aromatic N) is 1. The summed E-state index contributed by atoms with van der Waals surface area (Å²) in [7, 11) is 0. The van der Waals surface area contributed by atoms with E-state index in [0.29, 0.717) is 0 Å². The Bertz CT molecular complexity index is 777. The number of hydrogen-bond acceptors (Lipinski definition) is 2. The topological polar surface area (TPSA) is 30.0 Å². The van der Waals surface area contributed by atoms with Crippen molar-refractivity contribution in [2.75, 3.05) is 0 Å². The molecule has 0 fully saturated rings. The molecule has 3 rings (SSSR count). The lowest BCUT2D eigenvalue weighted by atomic mass is 9.97. The number of carbonyl (C=O) groups is 1. The van der Waals surface area contributed by atoms with Crippen molar-refractivity contribution >= 4 is 17.2 Å². The van der Waals surface area contributed by atoms with Crippen molar-refractivity contribution in [2.24, 2.45) is 0 Å². The van der Waals surface area contributed by atoms with Crippen LogP contribution in [0.2, 0.25) is 0 Å². The maximum atomic E-state index is 11.1. The number of hydrogen-bond donors (Lipinski definition) is 0. The summed E-state index contributed by atoms with van der Waals surface area (Å²) in [6, 6.07) is 18.0. The molecule has 2 heteroatoms. The zero-order chi connectivity index (χ0) is 13.9. The van der Waals surface area contributed by atoms with Gasteiger partial charge in [-0.1, -0.05) is 42.5 Å². The maximum Gasteiger partial charge on any atom is 0.150 e. The SMILES string of the molecule is Cc1cc(Cc2ccccc2C=O)c2ccccc2n1. The molecule has 0 N–H and O–H groups in total. The van der Waals surface area contributed by atoms with Crippen molar-refractivity contribution in [3.8, 4) is 0 Å². The lowest BCUT2D eigenvalue weighted by Crippen LogP contribution is -1.97. The van der Waals surface area contributed by atoms with Gasteiger partial charge >= 0.3 is 0 Å². The molecule has 0 aliphatic rings. The number of fused-ring (bicyclic) bond motifs is 1. The van der Waals surface area contributed by atoms with E-state index >= 15 is 0 Å². The van der Waals surface area contributed by atoms with Crippen LogP contribution >= 0.6 is 0 Å². The van der Waals surface area contributed by atoms with E-state index in [-0.39, 0.29) is 0 Å². The molecule has 0 aliphatic carbocycles. The highest BCUT2D eigenvalue weighted by Gasteiger charge is 2.07. The Morgan fingerprint density at radius 3 is 2.60 bits per heavy atom. The number of rotatable bonds is 3. The van der Waals surface area contributed by atoms with Gasteiger partial charge in [-0.2, -0.15) is 0 Å². The summed E-state index contributed by atoms with van der Waals surface area (Å²) in [5.41, 5.74) is 5.03. The molecule has 0 unspecified atom stereocenters. The van der Waals surface area contributed by atoms with E-state index in [1.165, 1.54) is 5.56 Å². The number of carbonyl (C=O) groups excluding carboxylic acids is 1. The number of aromatic nitrogens is 1. The second kappa shape index (κ2) is 5.25. The third-order valence-corrected chi connectivity index (χ3v) is 3.49. The smallest absolute Gasteiger partial charge is 0.150 e. The lowest BCUT2D eigenvalue weighted by Gasteiger charge is -2.09. The van der Waals surface area contributed by atoms with E-state index in [4.69, 9.17) is 0 Å². The molecule has 0 spiro atoms. The van der Waals surface area contributed by atoms with Crippen molar-refractivity contribution in [1.82, 2.24) is 4.98 Å². The van der Waals surface area contributed by atoms with E-state index in [2.05, 4.69) is 17.1 Å². The molecular weight excluding hydrogens is 246 g/mol. The van der Waals surface area contributed by atoms with Gasteiger partial charge in [-0.3, -0.25) is 9.78 Å². The normalized spacial score (nSPS) is 10.7. The molecular formula is C18H15NO. The molecule has 98 valence electrons. The molecule has 0 radical (unpaired) electrons. The molecule has 0 saturated carbocycles. The average Bonchev–Trinajstić information content (AvgIpc) is 2.47. The van der Waals surface area contributed by atoms with Crippen LogP contribution in [0.25, 0.3) is 10.9 Å². The van der Waals surface area contributed by atoms with Crippen LogP contribution in [0.1, 0.15) is 27.2 Å². The van der Waals surface area contributed by atoms with E-state index in [0.717, 1.165) is 40.4 Å². The highest BCUT2D eigenvalue weighted by molar-refractivity contribution is 5.83. The summed E-state index contributed by atoms with van der Waals surface area (Å²) in [6.07, 6.45) is 1.67. The van der Waals surface area contributed by atoms with Crippen LogP contribution in [0.15, 0.2) is 54.6 Å². The first-order valence-corrected chi connectivity index (χ1v) is 6.66. The van der Waals surface area contributed by atoms with Crippen LogP contribution in [-0.4, -0.2) is 11.3 Å². The minimum atomic E-state index is 0.749. The number of para-hydroxylation sites is 1. The Hall–Kier alpha value is -2.48. The predicted molar refractivity (Wildman–Crippen MR) is 81.1 cm³/mol. The number of benzene rings is 2. The summed E-state index contributed by atoms with van der Waals surface area (Å²) < 4.78 is 0. The van der Waals surface area contributed by atoms with Gasteiger partial charge in [-0.15, -0.1) is 0 Å². The predicted octanol–water partition coefficient (Wildman–Crippen LogP) is 3.95. The van der Waals surface area contributed by atoms with Crippen molar-refractivity contribution in [2.45, 2.75) is 13.3 Å². The monoisotopic (exact) mass is 261 g/mol. The molecule has 0 amide bonds. The molecule has 1 aromatic heterocycles. The van der Waals surface area contributed by atoms with Crippen LogP contribution in [-0.2, 0) is 6.42 Å². The third-order valence-electron chi connectivity index (χ3n) is 3.49. The van der Waals surface area contributed by atoms with Crippen molar-refractivity contribution in [3.63, 3.8) is 0 Å². The number of pyridine rings is 1. The van der Waals surface area contributed by atoms with Gasteiger partial charge in [0, 0.05) is 16.6 Å². The summed E-state index contributed by atoms with van der Waals surface area (Å²) in [6.45, 7) is 2.00. The summed E-state index contributed by atoms with van der Waals surface area (Å²) in [5, 5.41) is 1.15. The zero-order valence-electron chi connectivity index (χ0n) is 11.3. The standard InChI is InChI=1S/C18H15NO/c1-13-10-16(17-8-4-5-9-18(17)19-13)11-14-6-2-3-7-15(14)12-20/h2-10,12H,11H2,1H3. The molecule has 2 nitrogen and oxygen atoms in total. The fourth-order valence-corrected chi connectivity index (χ4v) is 2.56. The molecule has 0 aliphatic heterocycles. The first kappa shape index (κ1) is 12.5. The van der Waals surface area contributed by atoms with Gasteiger partial charge in [-0.25, -0.2) is 0 Å². The number of aryl methyl sites for hydroxylation is 1. The Morgan fingerprint density at radius 2 is 1.75 bits per heavy atom. The molecule has 20 heavy (non-hydrogen) atoms. The summed E-state index contributed by atoms with van der Waals surface area (Å²) in [5.74, 6) is 0. The Labute approximate surface area is 118 Å². The van der Waals surface area contributed by atoms with Gasteiger partial charge in [-0.05, 0) is 36.6 Å². The van der Waals surface area contributed by atoms with Gasteiger partial charge in [0.15, 0.2) is 0 Å². The van der Waals surface area contributed by atoms with Crippen LogP contribution in [0.4, 0.5) is 0 Å². The molecule has 0 atom stereocenters. The molecule has 3 aromatic rings. The summed E-state index contributed by atoms with van der Waals surface area (Å²) in [4.78, 5) is 15.7. The Morgan fingerprint density at radius 1 is 1.00 bits per heavy atom. The molecule has 0 bridgehead atoms. The van der Waals surface area contributed by atoms with Crippen LogP contribution < -0.4 is 0 Å². The van der Waals surface area contributed by atoms with Crippen molar-refractivity contribution in [1.29, 1.82) is 0 Å². The first-order valence-electron chi connectivity index (χ1n) is 6.66. The second-order valence-corrected chi connectivity index (χ2v) is 4.93. The highest BCUT2D eigenvalue weighted by atomic mass is 16.1. The van der Waals surface area contributed by atoms with Gasteiger partial charge in [0.05, 0.1) is 5.52 Å². The zero-order valence-corrected chi connectivity index (χ0v) is 11.3. The third kappa shape index (κ3) is 2.32. The fraction of sp³-hybridized carbons (Fsp3) is 0.111. The van der Waals surface area contributed by atoms with E-state index in [1.807, 2.05) is 49.4 Å². The van der Waals surface area contributed by atoms with Crippen LogP contribution in [0.3, 0.4) is 0 Å². The van der Waals surface area contributed by atoms with Crippen LogP contribution in [0, 0.1) is 6.92 Å².